The Bertz CT molecular complexity index is 422. The number of nitrogens with one attached hydrogen (secondary N) is 2. The molecule has 0 atom stereocenters. The lowest BCUT2D eigenvalue weighted by molar-refractivity contribution is 0.325. The summed E-state index contributed by atoms with van der Waals surface area (Å²) in [5.74, 6) is -0.230. The van der Waals surface area contributed by atoms with E-state index < -0.39 is 0 Å². The van der Waals surface area contributed by atoms with E-state index in [-0.39, 0.29) is 16.3 Å². The van der Waals surface area contributed by atoms with E-state index in [1.807, 2.05) is 6.07 Å². The zero-order valence-corrected chi connectivity index (χ0v) is 9.70. The maximum atomic E-state index is 14.1. The van der Waals surface area contributed by atoms with Gasteiger partial charge in [0.2, 0.25) is 0 Å². The SMILES string of the molecule is Fc1c(Cl)ccc2c1C1(CCNCC1)CN2. The van der Waals surface area contributed by atoms with Crippen LogP contribution in [0.1, 0.15) is 18.4 Å². The second-order valence-electron chi connectivity index (χ2n) is 4.67. The highest BCUT2D eigenvalue weighted by atomic mass is 35.5. The molecular weight excluding hydrogens is 227 g/mol. The van der Waals surface area contributed by atoms with Crippen molar-refractivity contribution in [2.24, 2.45) is 0 Å². The maximum Gasteiger partial charge on any atom is 0.147 e. The van der Waals surface area contributed by atoms with Crippen LogP contribution in [0.2, 0.25) is 5.02 Å². The van der Waals surface area contributed by atoms with Crippen LogP contribution in [0.25, 0.3) is 0 Å². The van der Waals surface area contributed by atoms with E-state index in [1.165, 1.54) is 0 Å². The molecule has 0 unspecified atom stereocenters. The topological polar surface area (TPSA) is 24.1 Å². The van der Waals surface area contributed by atoms with Crippen molar-refractivity contribution in [3.63, 3.8) is 0 Å². The van der Waals surface area contributed by atoms with Crippen LogP contribution in [0, 0.1) is 5.82 Å². The largest absolute Gasteiger partial charge is 0.384 e. The Hall–Kier alpha value is -0.800. The van der Waals surface area contributed by atoms with Crippen LogP contribution >= 0.6 is 11.6 Å². The molecule has 1 spiro atoms. The molecule has 2 heterocycles. The van der Waals surface area contributed by atoms with Crippen LogP contribution in [-0.2, 0) is 5.41 Å². The van der Waals surface area contributed by atoms with Gasteiger partial charge in [-0.25, -0.2) is 4.39 Å². The molecule has 1 fully saturated rings. The van der Waals surface area contributed by atoms with E-state index in [2.05, 4.69) is 10.6 Å². The molecule has 1 aromatic carbocycles. The van der Waals surface area contributed by atoms with Gasteiger partial charge in [0, 0.05) is 23.2 Å². The Labute approximate surface area is 99.2 Å². The van der Waals surface area contributed by atoms with E-state index in [0.29, 0.717) is 0 Å². The number of piperidine rings is 1. The van der Waals surface area contributed by atoms with Gasteiger partial charge in [0.15, 0.2) is 0 Å². The van der Waals surface area contributed by atoms with Crippen molar-refractivity contribution in [2.45, 2.75) is 18.3 Å². The lowest BCUT2D eigenvalue weighted by Gasteiger charge is -2.34. The van der Waals surface area contributed by atoms with Crippen molar-refractivity contribution in [3.05, 3.63) is 28.5 Å². The number of fused-ring (bicyclic) bond motifs is 2. The minimum atomic E-state index is -0.230. The molecule has 4 heteroatoms. The standard InChI is InChI=1S/C12H14ClFN2/c13-8-1-2-9-10(11(8)14)12(7-16-9)3-5-15-6-4-12/h1-2,15-16H,3-7H2. The Morgan fingerprint density at radius 2 is 2.00 bits per heavy atom. The molecule has 2 aliphatic heterocycles. The average molecular weight is 241 g/mol. The Morgan fingerprint density at radius 3 is 2.75 bits per heavy atom. The number of halogens is 2. The van der Waals surface area contributed by atoms with Gasteiger partial charge >= 0.3 is 0 Å². The van der Waals surface area contributed by atoms with Gasteiger partial charge in [-0.15, -0.1) is 0 Å². The predicted octanol–water partition coefficient (Wildman–Crippen LogP) is 2.53. The molecule has 2 N–H and O–H groups in total. The minimum absolute atomic E-state index is 0.0461. The molecule has 0 amide bonds. The molecule has 0 saturated carbocycles. The average Bonchev–Trinajstić information content (AvgIpc) is 2.65. The van der Waals surface area contributed by atoms with E-state index in [9.17, 15) is 4.39 Å². The zero-order valence-electron chi connectivity index (χ0n) is 8.95. The van der Waals surface area contributed by atoms with Gasteiger partial charge in [0.05, 0.1) is 5.02 Å². The molecule has 3 rings (SSSR count). The predicted molar refractivity (Wildman–Crippen MR) is 63.7 cm³/mol. The molecule has 2 aliphatic rings. The van der Waals surface area contributed by atoms with E-state index >= 15 is 0 Å². The van der Waals surface area contributed by atoms with Crippen molar-refractivity contribution in [2.75, 3.05) is 25.0 Å². The fourth-order valence-corrected chi connectivity index (χ4v) is 3.06. The van der Waals surface area contributed by atoms with Crippen LogP contribution in [-0.4, -0.2) is 19.6 Å². The number of benzene rings is 1. The third kappa shape index (κ3) is 1.35. The first kappa shape index (κ1) is 10.4. The van der Waals surface area contributed by atoms with E-state index in [0.717, 1.165) is 43.7 Å². The number of hydrogen-bond donors (Lipinski definition) is 2. The molecule has 86 valence electrons. The molecule has 0 aromatic heterocycles. The van der Waals surface area contributed by atoms with Gasteiger partial charge in [-0.05, 0) is 38.1 Å². The monoisotopic (exact) mass is 240 g/mol. The molecule has 1 aromatic rings. The van der Waals surface area contributed by atoms with E-state index in [1.54, 1.807) is 6.07 Å². The molecule has 16 heavy (non-hydrogen) atoms. The second-order valence-corrected chi connectivity index (χ2v) is 5.08. The van der Waals surface area contributed by atoms with Gasteiger partial charge < -0.3 is 10.6 Å². The molecule has 1 saturated heterocycles. The van der Waals surface area contributed by atoms with Gasteiger partial charge in [-0.2, -0.15) is 0 Å². The van der Waals surface area contributed by atoms with Crippen molar-refractivity contribution in [3.8, 4) is 0 Å². The quantitative estimate of drug-likeness (QED) is 0.728. The summed E-state index contributed by atoms with van der Waals surface area (Å²) in [5, 5.41) is 6.86. The maximum absolute atomic E-state index is 14.1. The first-order chi connectivity index (χ1) is 7.73. The highest BCUT2D eigenvalue weighted by molar-refractivity contribution is 6.31. The Balaban J connectivity index is 2.13. The summed E-state index contributed by atoms with van der Waals surface area (Å²) in [5.41, 5.74) is 1.68. The van der Waals surface area contributed by atoms with Gasteiger partial charge in [0.25, 0.3) is 0 Å². The first-order valence-electron chi connectivity index (χ1n) is 5.66. The fraction of sp³-hybridized carbons (Fsp3) is 0.500. The van der Waals surface area contributed by atoms with Crippen LogP contribution in [0.15, 0.2) is 12.1 Å². The number of rotatable bonds is 0. The lowest BCUT2D eigenvalue weighted by atomic mass is 9.74. The zero-order chi connectivity index (χ0) is 11.2. The Kier molecular flexibility index (Phi) is 2.33. The number of anilines is 1. The minimum Gasteiger partial charge on any atom is -0.384 e. The summed E-state index contributed by atoms with van der Waals surface area (Å²) in [4.78, 5) is 0. The number of hydrogen-bond acceptors (Lipinski definition) is 2. The first-order valence-corrected chi connectivity index (χ1v) is 6.04. The summed E-state index contributed by atoms with van der Waals surface area (Å²) >= 11 is 5.88. The van der Waals surface area contributed by atoms with Crippen LogP contribution in [0.4, 0.5) is 10.1 Å². The Morgan fingerprint density at radius 1 is 1.25 bits per heavy atom. The molecule has 2 nitrogen and oxygen atoms in total. The highest BCUT2D eigenvalue weighted by Crippen LogP contribution is 2.45. The van der Waals surface area contributed by atoms with Crippen molar-refractivity contribution >= 4 is 17.3 Å². The van der Waals surface area contributed by atoms with Crippen LogP contribution in [0.3, 0.4) is 0 Å². The normalized spacial score (nSPS) is 21.9. The fourth-order valence-electron chi connectivity index (χ4n) is 2.90. The molecule has 0 radical (unpaired) electrons. The molecular formula is C12H14ClFN2. The molecule has 0 aliphatic carbocycles. The van der Waals surface area contributed by atoms with Crippen molar-refractivity contribution < 1.29 is 4.39 Å². The summed E-state index contributed by atoms with van der Waals surface area (Å²) in [6, 6.07) is 3.51. The van der Waals surface area contributed by atoms with Gasteiger partial charge in [-0.3, -0.25) is 0 Å². The lowest BCUT2D eigenvalue weighted by Crippen LogP contribution is -2.41. The van der Waals surface area contributed by atoms with Crippen molar-refractivity contribution in [1.82, 2.24) is 5.32 Å². The summed E-state index contributed by atoms with van der Waals surface area (Å²) in [6.07, 6.45) is 1.95. The smallest absolute Gasteiger partial charge is 0.147 e. The van der Waals surface area contributed by atoms with Gasteiger partial charge in [0.1, 0.15) is 5.82 Å². The van der Waals surface area contributed by atoms with Crippen LogP contribution < -0.4 is 10.6 Å². The molecule has 0 bridgehead atoms. The highest BCUT2D eigenvalue weighted by Gasteiger charge is 2.42. The van der Waals surface area contributed by atoms with E-state index in [4.69, 9.17) is 11.6 Å². The summed E-state index contributed by atoms with van der Waals surface area (Å²) in [7, 11) is 0. The second kappa shape index (κ2) is 3.60. The third-order valence-corrected chi connectivity index (χ3v) is 4.09. The summed E-state index contributed by atoms with van der Waals surface area (Å²) in [6.45, 7) is 2.74. The van der Waals surface area contributed by atoms with Crippen LogP contribution in [0.5, 0.6) is 0 Å². The van der Waals surface area contributed by atoms with Gasteiger partial charge in [-0.1, -0.05) is 11.6 Å². The van der Waals surface area contributed by atoms with Crippen molar-refractivity contribution in [1.29, 1.82) is 0 Å². The third-order valence-electron chi connectivity index (χ3n) is 3.80. The summed E-state index contributed by atoms with van der Waals surface area (Å²) < 4.78 is 14.1.